The number of amides is 1. The van der Waals surface area contributed by atoms with Crippen LogP contribution in [0.4, 0.5) is 0 Å². The summed E-state index contributed by atoms with van der Waals surface area (Å²) in [5.74, 6) is -7.96. The summed E-state index contributed by atoms with van der Waals surface area (Å²) in [6.07, 6.45) is 16.7. The van der Waals surface area contributed by atoms with Crippen molar-refractivity contribution in [3.05, 3.63) is 66.1 Å². The van der Waals surface area contributed by atoms with Crippen molar-refractivity contribution in [2.45, 2.75) is 167 Å². The van der Waals surface area contributed by atoms with Crippen molar-refractivity contribution in [2.75, 3.05) is 26.9 Å². The molecule has 16 heteroatoms. The molecule has 1 aromatic rings. The van der Waals surface area contributed by atoms with Crippen LogP contribution in [-0.2, 0) is 33.4 Å². The van der Waals surface area contributed by atoms with E-state index in [0.717, 1.165) is 31.3 Å². The Morgan fingerprint density at radius 3 is 2.41 bits per heavy atom. The molecule has 2 saturated heterocycles. The first-order valence-corrected chi connectivity index (χ1v) is 24.9. The number of ether oxygens (including phenoxy) is 3. The van der Waals surface area contributed by atoms with Crippen molar-refractivity contribution in [3.63, 3.8) is 0 Å². The number of tetrazole rings is 1. The van der Waals surface area contributed by atoms with Crippen molar-refractivity contribution in [1.82, 2.24) is 25.1 Å². The minimum atomic E-state index is -2.43. The van der Waals surface area contributed by atoms with Crippen molar-refractivity contribution in [3.8, 4) is 0 Å². The highest BCUT2D eigenvalue weighted by Crippen LogP contribution is 2.41. The van der Waals surface area contributed by atoms with Gasteiger partial charge in [-0.15, -0.1) is 5.10 Å². The lowest BCUT2D eigenvalue weighted by molar-refractivity contribution is -0.265. The predicted octanol–water partition coefficient (Wildman–Crippen LogP) is 5.98. The number of aliphatic hydroxyl groups excluding tert-OH is 3. The molecule has 4 N–H and O–H groups in total. The molecule has 16 nitrogen and oxygen atoms in total. The Labute approximate surface area is 402 Å². The lowest BCUT2D eigenvalue weighted by Crippen LogP contribution is -2.61. The van der Waals surface area contributed by atoms with E-state index in [-0.39, 0.29) is 68.1 Å². The fourth-order valence-electron chi connectivity index (χ4n) is 10.8. The number of carbonyl (C=O) groups excluding carboxylic acids is 4. The van der Waals surface area contributed by atoms with Gasteiger partial charge in [-0.05, 0) is 124 Å². The lowest BCUT2D eigenvalue weighted by atomic mass is 9.74. The first kappa shape index (κ1) is 54.7. The van der Waals surface area contributed by atoms with E-state index in [1.807, 2.05) is 51.2 Å². The summed E-state index contributed by atoms with van der Waals surface area (Å²) in [6, 6.07) is -1.21. The number of hydrogen-bond donors (Lipinski definition) is 4. The number of fused-ring (bicyclic) bond motifs is 3. The molecule has 4 heterocycles. The Balaban J connectivity index is 1.45. The van der Waals surface area contributed by atoms with Crippen LogP contribution >= 0.6 is 0 Å². The van der Waals surface area contributed by atoms with Crippen LogP contribution in [0.5, 0.6) is 0 Å². The molecule has 5 rings (SSSR count). The van der Waals surface area contributed by atoms with Crippen LogP contribution in [0.1, 0.15) is 131 Å². The van der Waals surface area contributed by atoms with E-state index in [1.54, 1.807) is 45.0 Å². The molecule has 0 aromatic carbocycles. The van der Waals surface area contributed by atoms with E-state index >= 15 is 0 Å². The van der Waals surface area contributed by atoms with Crippen LogP contribution in [0, 0.1) is 41.4 Å². The molecule has 378 valence electrons. The molecular formula is C52H79N5O11. The minimum Gasteiger partial charge on any atom is -0.460 e. The van der Waals surface area contributed by atoms with Gasteiger partial charge in [0.2, 0.25) is 5.79 Å². The number of Topliss-reactive ketones (excluding diaryl/α,β-unsaturated/α-hetero) is 2. The third kappa shape index (κ3) is 13.8. The molecule has 1 saturated carbocycles. The van der Waals surface area contributed by atoms with Crippen LogP contribution in [-0.4, -0.2) is 132 Å². The third-order valence-electron chi connectivity index (χ3n) is 15.4. The molecule has 0 spiro atoms. The summed E-state index contributed by atoms with van der Waals surface area (Å²) in [7, 11) is 1.59. The number of allylic oxidation sites excluding steroid dienone is 6. The first-order valence-electron chi connectivity index (χ1n) is 24.9. The largest absolute Gasteiger partial charge is 0.460 e. The van der Waals surface area contributed by atoms with Gasteiger partial charge < -0.3 is 39.5 Å². The number of piperidine rings is 1. The summed E-state index contributed by atoms with van der Waals surface area (Å²) in [6.45, 7) is 15.0. The number of cyclic esters (lactones) is 1. The minimum absolute atomic E-state index is 0.0181. The number of aromatic nitrogens is 4. The van der Waals surface area contributed by atoms with Gasteiger partial charge in [-0.2, -0.15) is 0 Å². The predicted molar refractivity (Wildman–Crippen MR) is 255 cm³/mol. The third-order valence-corrected chi connectivity index (χ3v) is 15.4. The summed E-state index contributed by atoms with van der Waals surface area (Å²) in [5.41, 5.74) is 2.12. The summed E-state index contributed by atoms with van der Waals surface area (Å²) >= 11 is 0. The molecule has 1 aromatic heterocycles. The van der Waals surface area contributed by atoms with E-state index in [1.165, 1.54) is 4.90 Å². The van der Waals surface area contributed by atoms with E-state index in [9.17, 15) is 39.6 Å². The average Bonchev–Trinajstić information content (AvgIpc) is 3.88. The van der Waals surface area contributed by atoms with Gasteiger partial charge in [0, 0.05) is 56.8 Å². The van der Waals surface area contributed by atoms with Gasteiger partial charge in [-0.1, -0.05) is 76.3 Å². The Morgan fingerprint density at radius 2 is 1.72 bits per heavy atom. The van der Waals surface area contributed by atoms with Gasteiger partial charge in [0.05, 0.1) is 31.0 Å². The molecule has 3 fully saturated rings. The van der Waals surface area contributed by atoms with Crippen LogP contribution in [0.15, 0.2) is 66.1 Å². The average molecular weight is 950 g/mol. The smallest absolute Gasteiger partial charge is 0.329 e. The van der Waals surface area contributed by atoms with Crippen LogP contribution in [0.25, 0.3) is 0 Å². The molecule has 2 bridgehead atoms. The standard InChI is InChI=1S/C52H79N5O11/c1-32-16-12-10-9-11-13-17-33(2)46(66-8)27-41-21-19-37(6)52(65,68-41)49(62)50(63)56-23-15-14-18-44(56)51(64)67-47(28-45(60)34(3)24-36(5)48(61)42(30-59)38(32)7)35(4)25-39-20-22-43(40(26-39)29-58)57-31-53-54-55-57/h9-11,13,17,24,31-32,34-35,37,39-44,46-48,58-59,61,65H,7,12,14-16,18-23,25-30H2,1-6,8H3/b10-9+,13-11+,33-17+,36-24+/t32-,34-,35-,37-,39+,40+,41+,42+,43+,44+,46+,47+,48-,52-/m1/s1. The highest BCUT2D eigenvalue weighted by atomic mass is 16.6. The number of methoxy groups -OCH3 is 1. The summed E-state index contributed by atoms with van der Waals surface area (Å²) in [4.78, 5) is 58.5. The maximum atomic E-state index is 14.5. The zero-order valence-electron chi connectivity index (χ0n) is 41.5. The monoisotopic (exact) mass is 950 g/mol. The Kier molecular flexibility index (Phi) is 20.6. The molecular weight excluding hydrogens is 871 g/mol. The van der Waals surface area contributed by atoms with Crippen molar-refractivity contribution >= 4 is 23.4 Å². The number of nitrogens with zero attached hydrogens (tertiary/aromatic N) is 5. The van der Waals surface area contributed by atoms with Crippen LogP contribution < -0.4 is 0 Å². The fraction of sp³-hybridized carbons (Fsp3) is 0.712. The van der Waals surface area contributed by atoms with E-state index in [2.05, 4.69) is 22.1 Å². The number of ketones is 2. The van der Waals surface area contributed by atoms with Crippen molar-refractivity contribution in [1.29, 1.82) is 0 Å². The number of esters is 1. The molecule has 68 heavy (non-hydrogen) atoms. The van der Waals surface area contributed by atoms with Gasteiger partial charge in [0.1, 0.15) is 24.3 Å². The number of carbonyl (C=O) groups is 4. The molecule has 1 aliphatic carbocycles. The highest BCUT2D eigenvalue weighted by molar-refractivity contribution is 6.39. The zero-order valence-corrected chi connectivity index (χ0v) is 41.5. The Morgan fingerprint density at radius 1 is 0.956 bits per heavy atom. The van der Waals surface area contributed by atoms with Gasteiger partial charge in [-0.25, -0.2) is 9.48 Å². The van der Waals surface area contributed by atoms with Crippen molar-refractivity contribution in [2.24, 2.45) is 41.4 Å². The maximum absolute atomic E-state index is 14.5. The Bertz CT molecular complexity index is 1980. The number of rotatable bonds is 7. The second-order valence-electron chi connectivity index (χ2n) is 20.3. The lowest BCUT2D eigenvalue weighted by Gasteiger charge is -2.42. The van der Waals surface area contributed by atoms with Crippen molar-refractivity contribution < 1.29 is 53.8 Å². The van der Waals surface area contributed by atoms with E-state index in [4.69, 9.17) is 14.2 Å². The van der Waals surface area contributed by atoms with Gasteiger partial charge in [0.25, 0.3) is 11.7 Å². The fourth-order valence-corrected chi connectivity index (χ4v) is 10.8. The molecule has 4 aliphatic rings. The van der Waals surface area contributed by atoms with E-state index < -0.39 is 71.7 Å². The molecule has 14 atom stereocenters. The SMILES string of the molecule is C=C1[C@H](C)CC/C=C/C=C/C=C(\C)[C@@H](OC)C[C@@H]2CC[C@@H](C)[C@@](O)(O2)C(=O)C(=O)N2CCCC[C@H]2C(=O)O[C@H]([C@H](C)C[C@@H]2CC[C@H](n3cnnn3)[C@H](CO)C2)CC(=O)[C@H](C)/C=C(\C)[C@@H](O)[C@H]1CO. The second kappa shape index (κ2) is 25.6. The van der Waals surface area contributed by atoms with Gasteiger partial charge >= 0.3 is 5.97 Å². The quantitative estimate of drug-likeness (QED) is 0.140. The summed E-state index contributed by atoms with van der Waals surface area (Å²) < 4.78 is 20.0. The normalized spacial score (nSPS) is 38.0. The number of hydrogen-bond acceptors (Lipinski definition) is 14. The first-order chi connectivity index (χ1) is 32.4. The summed E-state index contributed by atoms with van der Waals surface area (Å²) in [5, 5.41) is 56.0. The van der Waals surface area contributed by atoms with Gasteiger partial charge in [-0.3, -0.25) is 14.4 Å². The Hall–Kier alpha value is -4.19. The van der Waals surface area contributed by atoms with Crippen LogP contribution in [0.3, 0.4) is 0 Å². The molecule has 0 unspecified atom stereocenters. The zero-order chi connectivity index (χ0) is 49.7. The molecule has 1 amide bonds. The van der Waals surface area contributed by atoms with Crippen LogP contribution in [0.2, 0.25) is 0 Å². The molecule has 0 radical (unpaired) electrons. The highest BCUT2D eigenvalue weighted by Gasteiger charge is 2.53. The van der Waals surface area contributed by atoms with Gasteiger partial charge in [0.15, 0.2) is 0 Å². The topological polar surface area (TPSA) is 224 Å². The maximum Gasteiger partial charge on any atom is 0.329 e. The number of aliphatic hydroxyl groups is 4. The second-order valence-corrected chi connectivity index (χ2v) is 20.3. The molecule has 3 aliphatic heterocycles. The van der Waals surface area contributed by atoms with E-state index in [0.29, 0.717) is 56.1 Å².